The number of aromatic nitrogens is 2. The number of hydrogen-bond acceptors (Lipinski definition) is 7. The average molecular weight is 579 g/mol. The van der Waals surface area contributed by atoms with E-state index in [1.807, 2.05) is 18.9 Å². The van der Waals surface area contributed by atoms with Crippen molar-refractivity contribution in [2.45, 2.75) is 36.1 Å². The van der Waals surface area contributed by atoms with Crippen molar-refractivity contribution in [3.8, 4) is 17.6 Å². The van der Waals surface area contributed by atoms with Crippen molar-refractivity contribution < 1.29 is 27.1 Å². The first kappa shape index (κ1) is 29.4. The van der Waals surface area contributed by atoms with E-state index in [4.69, 9.17) is 4.74 Å². The van der Waals surface area contributed by atoms with Crippen LogP contribution >= 0.6 is 11.8 Å². The number of benzene rings is 1. The van der Waals surface area contributed by atoms with Crippen LogP contribution in [0.5, 0.6) is 5.75 Å². The molecule has 4 rings (SSSR count). The number of thioether (sulfide) groups is 1. The van der Waals surface area contributed by atoms with Gasteiger partial charge in [0.2, 0.25) is 0 Å². The van der Waals surface area contributed by atoms with E-state index in [1.165, 1.54) is 30.0 Å². The smallest absolute Gasteiger partial charge is 0.447 e. The summed E-state index contributed by atoms with van der Waals surface area (Å²) in [7, 11) is 3.31. The topological polar surface area (TPSA) is 82.9 Å². The van der Waals surface area contributed by atoms with Gasteiger partial charge in [0.15, 0.2) is 5.82 Å². The Morgan fingerprint density at radius 2 is 2.10 bits per heavy atom. The Morgan fingerprint density at radius 1 is 1.30 bits per heavy atom. The number of nitrogens with one attached hydrogen (secondary N) is 3. The molecule has 1 fully saturated rings. The summed E-state index contributed by atoms with van der Waals surface area (Å²) in [5, 5.41) is 8.77. The number of methoxy groups -OCH3 is 1. The summed E-state index contributed by atoms with van der Waals surface area (Å²) in [4.78, 5) is 18.3. The molecule has 1 amide bonds. The highest BCUT2D eigenvalue weighted by molar-refractivity contribution is 8.00. The van der Waals surface area contributed by atoms with Gasteiger partial charge in [-0.25, -0.2) is 9.37 Å². The predicted octanol–water partition coefficient (Wildman–Crippen LogP) is 4.62. The molecular formula is C27H30F4N6O2S. The summed E-state index contributed by atoms with van der Waals surface area (Å²) in [6.45, 7) is 3.37. The minimum atomic E-state index is -4.54. The number of amides is 1. The van der Waals surface area contributed by atoms with Crippen molar-refractivity contribution in [3.05, 3.63) is 47.8 Å². The Morgan fingerprint density at radius 3 is 2.80 bits per heavy atom. The first-order valence-electron chi connectivity index (χ1n) is 12.6. The van der Waals surface area contributed by atoms with E-state index >= 15 is 0 Å². The molecule has 2 aromatic heterocycles. The number of likely N-dealkylation sites (tertiary alicyclic amines) is 1. The first-order chi connectivity index (χ1) is 19.1. The lowest BCUT2D eigenvalue weighted by Gasteiger charge is -2.33. The van der Waals surface area contributed by atoms with Crippen LogP contribution in [0.2, 0.25) is 0 Å². The van der Waals surface area contributed by atoms with Crippen molar-refractivity contribution in [3.63, 3.8) is 0 Å². The molecule has 13 heteroatoms. The summed E-state index contributed by atoms with van der Waals surface area (Å²) in [6.07, 6.45) is 2.21. The molecule has 1 aliphatic rings. The number of piperidine rings is 1. The minimum Gasteiger partial charge on any atom is -0.495 e. The number of halogens is 4. The zero-order chi connectivity index (χ0) is 28.9. The normalized spacial score (nSPS) is 17.7. The molecule has 1 aromatic carbocycles. The molecule has 0 saturated carbocycles. The molecule has 0 unspecified atom stereocenters. The number of ether oxygens (including phenoxy) is 1. The molecule has 8 nitrogen and oxygen atoms in total. The maximum Gasteiger partial charge on any atom is 0.447 e. The van der Waals surface area contributed by atoms with Crippen LogP contribution in [-0.4, -0.2) is 78.3 Å². The van der Waals surface area contributed by atoms with Gasteiger partial charge in [-0.3, -0.25) is 4.79 Å². The Kier molecular flexibility index (Phi) is 9.32. The summed E-state index contributed by atoms with van der Waals surface area (Å²) >= 11 is -0.266. The molecule has 1 saturated heterocycles. The Bertz CT molecular complexity index is 1420. The second-order valence-corrected chi connectivity index (χ2v) is 10.2. The van der Waals surface area contributed by atoms with Crippen LogP contribution in [-0.2, 0) is 0 Å². The van der Waals surface area contributed by atoms with Crippen molar-refractivity contribution in [1.82, 2.24) is 19.6 Å². The lowest BCUT2D eigenvalue weighted by molar-refractivity contribution is -0.0329. The van der Waals surface area contributed by atoms with Crippen molar-refractivity contribution in [2.75, 3.05) is 51.0 Å². The number of carbonyl (C=O) groups excluding carboxylic acids is 1. The van der Waals surface area contributed by atoms with Crippen LogP contribution in [0.15, 0.2) is 41.7 Å². The van der Waals surface area contributed by atoms with E-state index in [9.17, 15) is 22.4 Å². The molecule has 214 valence electrons. The monoisotopic (exact) mass is 578 g/mol. The second-order valence-electron chi connectivity index (χ2n) is 9.19. The maximum atomic E-state index is 14.6. The lowest BCUT2D eigenvalue weighted by atomic mass is 10.0. The van der Waals surface area contributed by atoms with Gasteiger partial charge in [-0.15, -0.1) is 0 Å². The van der Waals surface area contributed by atoms with Gasteiger partial charge in [-0.05, 0) is 44.7 Å². The summed E-state index contributed by atoms with van der Waals surface area (Å²) in [5.74, 6) is 6.18. The van der Waals surface area contributed by atoms with Crippen LogP contribution in [0.4, 0.5) is 29.1 Å². The number of anilines is 2. The molecule has 0 bridgehead atoms. The number of fused-ring (bicyclic) bond motifs is 1. The zero-order valence-corrected chi connectivity index (χ0v) is 23.0. The van der Waals surface area contributed by atoms with Crippen LogP contribution in [0.3, 0.4) is 0 Å². The number of carbonyl (C=O) groups is 1. The van der Waals surface area contributed by atoms with E-state index in [1.54, 1.807) is 18.2 Å². The quantitative estimate of drug-likeness (QED) is 0.204. The van der Waals surface area contributed by atoms with Gasteiger partial charge < -0.3 is 30.0 Å². The Balaban J connectivity index is 1.58. The van der Waals surface area contributed by atoms with Crippen molar-refractivity contribution >= 4 is 34.7 Å². The fraction of sp³-hybridized carbons (Fsp3) is 0.407. The average Bonchev–Trinajstić information content (AvgIpc) is 3.25. The van der Waals surface area contributed by atoms with E-state index in [2.05, 4.69) is 32.8 Å². The van der Waals surface area contributed by atoms with E-state index < -0.39 is 17.7 Å². The molecule has 1 aliphatic heterocycles. The van der Waals surface area contributed by atoms with Gasteiger partial charge in [-0.1, -0.05) is 11.8 Å². The highest BCUT2D eigenvalue weighted by Crippen LogP contribution is 2.40. The van der Waals surface area contributed by atoms with Crippen LogP contribution in [0.25, 0.3) is 5.52 Å². The maximum absolute atomic E-state index is 14.6. The van der Waals surface area contributed by atoms with Gasteiger partial charge >= 0.3 is 5.51 Å². The van der Waals surface area contributed by atoms with E-state index in [0.717, 1.165) is 0 Å². The van der Waals surface area contributed by atoms with Crippen molar-refractivity contribution in [1.29, 1.82) is 0 Å². The second kappa shape index (κ2) is 12.7. The molecule has 0 spiro atoms. The molecule has 40 heavy (non-hydrogen) atoms. The highest BCUT2D eigenvalue weighted by atomic mass is 32.2. The molecular weight excluding hydrogens is 548 g/mol. The van der Waals surface area contributed by atoms with E-state index in [0.29, 0.717) is 47.8 Å². The van der Waals surface area contributed by atoms with E-state index in [-0.39, 0.29) is 41.3 Å². The minimum absolute atomic E-state index is 0.0989. The van der Waals surface area contributed by atoms with Crippen LogP contribution in [0, 0.1) is 11.8 Å². The zero-order valence-electron chi connectivity index (χ0n) is 22.2. The fourth-order valence-electron chi connectivity index (χ4n) is 4.41. The number of rotatable bonds is 8. The van der Waals surface area contributed by atoms with Gasteiger partial charge in [0.1, 0.15) is 16.9 Å². The Labute approximate surface area is 233 Å². The van der Waals surface area contributed by atoms with Crippen molar-refractivity contribution in [2.24, 2.45) is 0 Å². The SMILES string of the molecule is CCNC(=O)c1ccc(NCC#Cc2cc3c(N[C@@H]4CCN(C)C[C@@H]4F)nccn3c2SC(F)(F)F)c(OC)c1. The molecule has 3 heterocycles. The molecule has 0 radical (unpaired) electrons. The standard InChI is InChI=1S/C27H30F4N6O2S/c1-4-32-25(38)17-7-8-21(23(15-17)39-3)33-10-5-6-18-14-22-24(35-20-9-12-36(2)16-19(20)28)34-11-13-37(22)26(18)40-27(29,30)31/h7-8,11,13-15,19-20,33H,4,9-10,12,16H2,1-3H3,(H,32,38)(H,34,35)/t19-,20+/m0/s1. The third-order valence-electron chi connectivity index (χ3n) is 6.32. The molecule has 0 aliphatic carbocycles. The van der Waals surface area contributed by atoms with Gasteiger partial charge in [-0.2, -0.15) is 13.2 Å². The number of alkyl halides is 4. The number of nitrogens with zero attached hydrogens (tertiary/aromatic N) is 3. The first-order valence-corrected chi connectivity index (χ1v) is 13.4. The third kappa shape index (κ3) is 7.11. The lowest BCUT2D eigenvalue weighted by Crippen LogP contribution is -2.46. The fourth-order valence-corrected chi connectivity index (χ4v) is 5.10. The Hall–Kier alpha value is -3.63. The van der Waals surface area contributed by atoms with Gasteiger partial charge in [0.25, 0.3) is 5.91 Å². The van der Waals surface area contributed by atoms with Gasteiger partial charge in [0, 0.05) is 49.4 Å². The highest BCUT2D eigenvalue weighted by Gasteiger charge is 2.33. The third-order valence-corrected chi connectivity index (χ3v) is 7.16. The largest absolute Gasteiger partial charge is 0.495 e. The predicted molar refractivity (Wildman–Crippen MR) is 148 cm³/mol. The molecule has 3 aromatic rings. The van der Waals surface area contributed by atoms with Crippen LogP contribution in [0.1, 0.15) is 29.3 Å². The number of hydrogen-bond donors (Lipinski definition) is 3. The molecule has 2 atom stereocenters. The van der Waals surface area contributed by atoms with Crippen LogP contribution < -0.4 is 20.7 Å². The summed E-state index contributed by atoms with van der Waals surface area (Å²) in [6, 6.07) is 5.92. The summed E-state index contributed by atoms with van der Waals surface area (Å²) < 4.78 is 61.8. The summed E-state index contributed by atoms with van der Waals surface area (Å²) in [5.41, 5.74) is -3.00. The molecule has 3 N–H and O–H groups in total. The van der Waals surface area contributed by atoms with Gasteiger partial charge in [0.05, 0.1) is 36.5 Å².